The Balaban J connectivity index is 1.74. The van der Waals surface area contributed by atoms with E-state index in [9.17, 15) is 10.4 Å². The molecule has 0 aliphatic rings. The molecular weight excluding hydrogens is 430 g/mol. The first kappa shape index (κ1) is 22.9. The minimum atomic E-state index is -0.778. The van der Waals surface area contributed by atoms with Crippen molar-refractivity contribution >= 4 is 0 Å². The first-order valence-corrected chi connectivity index (χ1v) is 10.6. The van der Waals surface area contributed by atoms with Crippen LogP contribution in [0.1, 0.15) is 22.9 Å². The largest absolute Gasteiger partial charge is 0.494 e. The topological polar surface area (TPSA) is 127 Å². The minimum Gasteiger partial charge on any atom is -0.494 e. The summed E-state index contributed by atoms with van der Waals surface area (Å²) in [7, 11) is 1.58. The van der Waals surface area contributed by atoms with Gasteiger partial charge < -0.3 is 20.3 Å². The Labute approximate surface area is 197 Å². The number of aromatic nitrogens is 3. The maximum Gasteiger partial charge on any atom is 0.146 e. The zero-order valence-electron chi connectivity index (χ0n) is 18.8. The lowest BCUT2D eigenvalue weighted by molar-refractivity contribution is 0.186. The minimum absolute atomic E-state index is 0.108. The van der Waals surface area contributed by atoms with Gasteiger partial charge in [0.25, 0.3) is 0 Å². The van der Waals surface area contributed by atoms with E-state index in [4.69, 9.17) is 15.2 Å². The number of benzene rings is 1. The van der Waals surface area contributed by atoms with E-state index in [1.165, 1.54) is 0 Å². The summed E-state index contributed by atoms with van der Waals surface area (Å²) in [6.07, 6.45) is 2.48. The van der Waals surface area contributed by atoms with E-state index in [1.807, 2.05) is 13.0 Å². The van der Waals surface area contributed by atoms with Crippen molar-refractivity contribution in [2.75, 3.05) is 13.7 Å². The number of rotatable bonds is 7. The number of hydrogen-bond acceptors (Lipinski definition) is 8. The molecule has 3 N–H and O–H groups in total. The molecule has 8 heteroatoms. The number of nitriles is 1. The van der Waals surface area contributed by atoms with Crippen molar-refractivity contribution in [1.82, 2.24) is 15.0 Å². The SMILES string of the molecule is COc1cccnc1-c1cc(Oc2cc(C#N)ccc2-c2ccc([C@H](O)CN)cn2)cc(C)n1. The molecular formula is C26H23N5O3. The molecule has 1 atom stereocenters. The number of nitrogens with two attached hydrogens (primary N) is 1. The molecule has 0 spiro atoms. The third-order valence-corrected chi connectivity index (χ3v) is 5.17. The van der Waals surface area contributed by atoms with Crippen LogP contribution in [0, 0.1) is 18.3 Å². The van der Waals surface area contributed by atoms with Crippen LogP contribution < -0.4 is 15.2 Å². The van der Waals surface area contributed by atoms with E-state index in [2.05, 4.69) is 21.0 Å². The van der Waals surface area contributed by atoms with Crippen LogP contribution in [0.3, 0.4) is 0 Å². The second-order valence-electron chi connectivity index (χ2n) is 7.54. The molecule has 3 aromatic heterocycles. The summed E-state index contributed by atoms with van der Waals surface area (Å²) >= 11 is 0. The molecule has 0 aliphatic carbocycles. The number of aryl methyl sites for hydroxylation is 1. The summed E-state index contributed by atoms with van der Waals surface area (Å²) < 4.78 is 11.7. The first-order chi connectivity index (χ1) is 16.5. The number of methoxy groups -OCH3 is 1. The molecule has 0 aliphatic heterocycles. The maximum atomic E-state index is 9.95. The van der Waals surface area contributed by atoms with Crippen molar-refractivity contribution in [3.05, 3.63) is 83.8 Å². The van der Waals surface area contributed by atoms with Crippen LogP contribution in [0.25, 0.3) is 22.6 Å². The highest BCUT2D eigenvalue weighted by atomic mass is 16.5. The molecule has 0 saturated heterocycles. The highest BCUT2D eigenvalue weighted by Crippen LogP contribution is 2.36. The Kier molecular flexibility index (Phi) is 6.78. The van der Waals surface area contributed by atoms with Gasteiger partial charge in [0.15, 0.2) is 0 Å². The fourth-order valence-corrected chi connectivity index (χ4v) is 3.48. The van der Waals surface area contributed by atoms with Crippen molar-refractivity contribution in [1.29, 1.82) is 5.26 Å². The van der Waals surface area contributed by atoms with E-state index >= 15 is 0 Å². The summed E-state index contributed by atoms with van der Waals surface area (Å²) in [6.45, 7) is 1.97. The molecule has 4 aromatic rings. The summed E-state index contributed by atoms with van der Waals surface area (Å²) in [5.41, 5.74) is 9.86. The first-order valence-electron chi connectivity index (χ1n) is 10.6. The average Bonchev–Trinajstić information content (AvgIpc) is 2.88. The van der Waals surface area contributed by atoms with Gasteiger partial charge in [0.05, 0.1) is 36.2 Å². The molecule has 0 amide bonds. The Bertz CT molecular complexity index is 1350. The fourth-order valence-electron chi connectivity index (χ4n) is 3.48. The molecule has 0 fully saturated rings. The number of nitrogens with zero attached hydrogens (tertiary/aromatic N) is 4. The van der Waals surface area contributed by atoms with Crippen LogP contribution in [0.15, 0.2) is 67.0 Å². The standard InChI is InChI=1S/C26H23N5O3/c1-16-10-19(12-22(31-16)26-24(33-2)4-3-9-29-26)34-25-11-17(13-27)5-7-20(25)21-8-6-18(15-30-21)23(32)14-28/h3-12,15,23,32H,14,28H2,1-2H3/t23-/m1/s1. The molecule has 34 heavy (non-hydrogen) atoms. The lowest BCUT2D eigenvalue weighted by Crippen LogP contribution is -2.11. The van der Waals surface area contributed by atoms with Gasteiger partial charge in [0.1, 0.15) is 22.9 Å². The van der Waals surface area contributed by atoms with Crippen LogP contribution in [-0.2, 0) is 0 Å². The third kappa shape index (κ3) is 4.86. The predicted octanol–water partition coefficient (Wildman–Crippen LogP) is 4.18. The average molecular weight is 454 g/mol. The van der Waals surface area contributed by atoms with Crippen molar-refractivity contribution in [2.24, 2.45) is 5.73 Å². The third-order valence-electron chi connectivity index (χ3n) is 5.17. The van der Waals surface area contributed by atoms with Gasteiger partial charge in [-0.2, -0.15) is 5.26 Å². The second-order valence-corrected chi connectivity index (χ2v) is 7.54. The molecule has 3 heterocycles. The van der Waals surface area contributed by atoms with Crippen molar-refractivity contribution < 1.29 is 14.6 Å². The molecule has 0 bridgehead atoms. The van der Waals surface area contributed by atoms with Crippen LogP contribution in [0.5, 0.6) is 17.2 Å². The van der Waals surface area contributed by atoms with Gasteiger partial charge in [-0.25, -0.2) is 0 Å². The van der Waals surface area contributed by atoms with Crippen LogP contribution >= 0.6 is 0 Å². The Morgan fingerprint density at radius 2 is 1.91 bits per heavy atom. The summed E-state index contributed by atoms with van der Waals surface area (Å²) in [4.78, 5) is 13.5. The van der Waals surface area contributed by atoms with Gasteiger partial charge in [0, 0.05) is 47.9 Å². The molecule has 0 radical (unpaired) electrons. The molecule has 0 unspecified atom stereocenters. The lowest BCUT2D eigenvalue weighted by atomic mass is 10.1. The molecule has 8 nitrogen and oxygen atoms in total. The van der Waals surface area contributed by atoms with Gasteiger partial charge in [0.2, 0.25) is 0 Å². The van der Waals surface area contributed by atoms with Gasteiger partial charge in [-0.15, -0.1) is 0 Å². The number of aliphatic hydroxyl groups excluding tert-OH is 1. The number of ether oxygens (including phenoxy) is 2. The van der Waals surface area contributed by atoms with Crippen LogP contribution in [-0.4, -0.2) is 33.7 Å². The summed E-state index contributed by atoms with van der Waals surface area (Å²) in [5.74, 6) is 1.59. The van der Waals surface area contributed by atoms with Gasteiger partial charge in [-0.05, 0) is 43.3 Å². The van der Waals surface area contributed by atoms with E-state index in [-0.39, 0.29) is 6.54 Å². The van der Waals surface area contributed by atoms with E-state index in [0.717, 1.165) is 5.69 Å². The molecule has 4 rings (SSSR count). The monoisotopic (exact) mass is 453 g/mol. The van der Waals surface area contributed by atoms with Gasteiger partial charge >= 0.3 is 0 Å². The quantitative estimate of drug-likeness (QED) is 0.427. The van der Waals surface area contributed by atoms with Crippen molar-refractivity contribution in [3.63, 3.8) is 0 Å². The van der Waals surface area contributed by atoms with Crippen LogP contribution in [0.4, 0.5) is 0 Å². The van der Waals surface area contributed by atoms with E-state index in [1.54, 1.807) is 68.0 Å². The maximum absolute atomic E-state index is 9.95. The highest BCUT2D eigenvalue weighted by Gasteiger charge is 2.15. The molecule has 170 valence electrons. The normalized spacial score (nSPS) is 11.5. The summed E-state index contributed by atoms with van der Waals surface area (Å²) in [6, 6.07) is 18.0. The number of aliphatic hydroxyl groups is 1. The molecule has 0 saturated carbocycles. The zero-order chi connectivity index (χ0) is 24.1. The summed E-state index contributed by atoms with van der Waals surface area (Å²) in [5, 5.41) is 19.4. The van der Waals surface area contributed by atoms with Gasteiger partial charge in [-0.1, -0.05) is 6.07 Å². The van der Waals surface area contributed by atoms with E-state index in [0.29, 0.717) is 51.0 Å². The lowest BCUT2D eigenvalue weighted by Gasteiger charge is -2.14. The highest BCUT2D eigenvalue weighted by molar-refractivity contribution is 5.70. The van der Waals surface area contributed by atoms with E-state index < -0.39 is 6.10 Å². The second kappa shape index (κ2) is 10.1. The number of pyridine rings is 3. The zero-order valence-corrected chi connectivity index (χ0v) is 18.8. The van der Waals surface area contributed by atoms with Crippen molar-refractivity contribution in [3.8, 4) is 46.0 Å². The Hall–Kier alpha value is -4.32. The molecule has 1 aromatic carbocycles. The Morgan fingerprint density at radius 3 is 2.62 bits per heavy atom. The predicted molar refractivity (Wildman–Crippen MR) is 127 cm³/mol. The Morgan fingerprint density at radius 1 is 1.06 bits per heavy atom. The smallest absolute Gasteiger partial charge is 0.146 e. The van der Waals surface area contributed by atoms with Crippen LogP contribution in [0.2, 0.25) is 0 Å². The van der Waals surface area contributed by atoms with Gasteiger partial charge in [-0.3, -0.25) is 15.0 Å². The fraction of sp³-hybridized carbons (Fsp3) is 0.154. The van der Waals surface area contributed by atoms with Crippen molar-refractivity contribution in [2.45, 2.75) is 13.0 Å². The number of hydrogen-bond donors (Lipinski definition) is 2.